The minimum Gasteiger partial charge on any atom is -0.376 e. The van der Waals surface area contributed by atoms with Crippen LogP contribution in [0.25, 0.3) is 10.9 Å². The van der Waals surface area contributed by atoms with Crippen LogP contribution in [0.5, 0.6) is 0 Å². The summed E-state index contributed by atoms with van der Waals surface area (Å²) in [6.45, 7) is 5.76. The highest BCUT2D eigenvalue weighted by Gasteiger charge is 2.21. The Morgan fingerprint density at radius 1 is 1.30 bits per heavy atom. The number of benzene rings is 1. The van der Waals surface area contributed by atoms with E-state index in [-0.39, 0.29) is 11.9 Å². The van der Waals surface area contributed by atoms with E-state index in [2.05, 4.69) is 21.5 Å². The van der Waals surface area contributed by atoms with Crippen molar-refractivity contribution in [2.24, 2.45) is 0 Å². The molecule has 27 heavy (non-hydrogen) atoms. The number of carbonyl (C=O) groups is 1. The molecule has 140 valence electrons. The summed E-state index contributed by atoms with van der Waals surface area (Å²) in [5.41, 5.74) is 3.85. The first-order valence-corrected chi connectivity index (χ1v) is 10.3. The molecule has 1 aromatic carbocycles. The molecule has 1 aliphatic heterocycles. The van der Waals surface area contributed by atoms with Gasteiger partial charge in [0.1, 0.15) is 11.4 Å². The van der Waals surface area contributed by atoms with Gasteiger partial charge in [-0.1, -0.05) is 30.0 Å². The third kappa shape index (κ3) is 3.77. The molecular weight excluding hydrogens is 358 g/mol. The summed E-state index contributed by atoms with van der Waals surface area (Å²) in [6.07, 6.45) is 4.04. The summed E-state index contributed by atoms with van der Waals surface area (Å²) in [4.78, 5) is 21.5. The fraction of sp³-hybridized carbons (Fsp3) is 0.381. The third-order valence-corrected chi connectivity index (χ3v) is 6.14. The van der Waals surface area contributed by atoms with Gasteiger partial charge in [-0.15, -0.1) is 0 Å². The lowest BCUT2D eigenvalue weighted by molar-refractivity contribution is 0.0957. The van der Waals surface area contributed by atoms with Crippen molar-refractivity contribution in [2.75, 3.05) is 12.4 Å². The molecule has 1 aliphatic rings. The quantitative estimate of drug-likeness (QED) is 0.364. The maximum absolute atomic E-state index is 12.9. The van der Waals surface area contributed by atoms with Crippen LogP contribution in [0.3, 0.4) is 0 Å². The van der Waals surface area contributed by atoms with Gasteiger partial charge in [0.05, 0.1) is 17.4 Å². The van der Waals surface area contributed by atoms with E-state index in [4.69, 9.17) is 4.74 Å². The van der Waals surface area contributed by atoms with Crippen molar-refractivity contribution < 1.29 is 9.53 Å². The van der Waals surface area contributed by atoms with Crippen molar-refractivity contribution in [3.05, 3.63) is 53.6 Å². The Morgan fingerprint density at radius 3 is 2.96 bits per heavy atom. The Kier molecular flexibility index (Phi) is 5.27. The topological polar surface area (TPSA) is 57.0 Å². The molecule has 2 aromatic heterocycles. The molecule has 4 rings (SSSR count). The average molecular weight is 382 g/mol. The van der Waals surface area contributed by atoms with Gasteiger partial charge in [0.25, 0.3) is 0 Å². The summed E-state index contributed by atoms with van der Waals surface area (Å²) < 4.78 is 7.98. The predicted molar refractivity (Wildman–Crippen MR) is 107 cm³/mol. The first kappa shape index (κ1) is 18.2. The van der Waals surface area contributed by atoms with Crippen LogP contribution in [0.2, 0.25) is 0 Å². The molecule has 0 amide bonds. The van der Waals surface area contributed by atoms with Gasteiger partial charge in [-0.25, -0.2) is 9.97 Å². The number of thioether (sulfide) groups is 1. The van der Waals surface area contributed by atoms with Crippen LogP contribution in [0.4, 0.5) is 0 Å². The average Bonchev–Trinajstić information content (AvgIpc) is 3.30. The number of hydrogen-bond acceptors (Lipinski definition) is 5. The predicted octanol–water partition coefficient (Wildman–Crippen LogP) is 4.20. The minimum absolute atomic E-state index is 0.134. The fourth-order valence-corrected chi connectivity index (χ4v) is 4.54. The summed E-state index contributed by atoms with van der Waals surface area (Å²) in [5, 5.41) is 1.84. The Labute approximate surface area is 163 Å². The number of ketones is 1. The van der Waals surface area contributed by atoms with Crippen LogP contribution in [0, 0.1) is 13.8 Å². The number of fused-ring (bicyclic) bond motifs is 1. The highest BCUT2D eigenvalue weighted by atomic mass is 32.2. The Hall–Kier alpha value is -2.18. The molecule has 0 N–H and O–H groups in total. The number of aromatic nitrogens is 3. The summed E-state index contributed by atoms with van der Waals surface area (Å²) in [6, 6.07) is 9.89. The number of aryl methyl sites for hydroxylation is 1. The largest absolute Gasteiger partial charge is 0.376 e. The SMILES string of the molecule is Cc1cc(C(=O)CSc2ncnc3ccccc23)c(C)n1C[C@@H]1CCCO1. The fourth-order valence-electron chi connectivity index (χ4n) is 3.66. The van der Waals surface area contributed by atoms with Gasteiger partial charge >= 0.3 is 0 Å². The van der Waals surface area contributed by atoms with Gasteiger partial charge in [-0.2, -0.15) is 0 Å². The van der Waals surface area contributed by atoms with Gasteiger partial charge in [-0.05, 0) is 38.8 Å². The molecule has 1 atom stereocenters. The Morgan fingerprint density at radius 2 is 2.15 bits per heavy atom. The third-order valence-electron chi connectivity index (χ3n) is 5.13. The minimum atomic E-state index is 0.134. The zero-order valence-electron chi connectivity index (χ0n) is 15.6. The molecule has 6 heteroatoms. The molecule has 1 fully saturated rings. The normalized spacial score (nSPS) is 16.9. The van der Waals surface area contributed by atoms with E-state index in [1.54, 1.807) is 6.33 Å². The molecule has 0 spiro atoms. The number of nitrogens with zero attached hydrogens (tertiary/aromatic N) is 3. The van der Waals surface area contributed by atoms with E-state index in [9.17, 15) is 4.79 Å². The maximum Gasteiger partial charge on any atom is 0.174 e. The number of carbonyl (C=O) groups excluding carboxylic acids is 1. The second-order valence-electron chi connectivity index (χ2n) is 6.94. The first-order chi connectivity index (χ1) is 13.1. The zero-order valence-corrected chi connectivity index (χ0v) is 16.5. The van der Waals surface area contributed by atoms with Crippen LogP contribution < -0.4 is 0 Å². The van der Waals surface area contributed by atoms with Crippen LogP contribution >= 0.6 is 11.8 Å². The van der Waals surface area contributed by atoms with E-state index in [1.807, 2.05) is 37.3 Å². The van der Waals surface area contributed by atoms with Gasteiger partial charge in [-0.3, -0.25) is 4.79 Å². The zero-order chi connectivity index (χ0) is 18.8. The standard InChI is InChI=1S/C21H23N3O2S/c1-14-10-18(15(2)24(14)11-16-6-5-9-26-16)20(25)12-27-21-17-7-3-4-8-19(17)22-13-23-21/h3-4,7-8,10,13,16H,5-6,9,11-12H2,1-2H3/t16-/m0/s1. The van der Waals surface area contributed by atoms with Crippen molar-refractivity contribution in [3.63, 3.8) is 0 Å². The number of para-hydroxylation sites is 1. The molecule has 1 saturated heterocycles. The molecule has 0 aliphatic carbocycles. The van der Waals surface area contributed by atoms with E-state index in [0.29, 0.717) is 5.75 Å². The first-order valence-electron chi connectivity index (χ1n) is 9.27. The molecule has 0 radical (unpaired) electrons. The lowest BCUT2D eigenvalue weighted by Gasteiger charge is -2.14. The van der Waals surface area contributed by atoms with Gasteiger partial charge in [0.15, 0.2) is 5.78 Å². The van der Waals surface area contributed by atoms with Crippen LogP contribution in [0.1, 0.15) is 34.6 Å². The van der Waals surface area contributed by atoms with Gasteiger partial charge in [0.2, 0.25) is 0 Å². The second kappa shape index (κ2) is 7.82. The van der Waals surface area contributed by atoms with E-state index < -0.39 is 0 Å². The molecule has 0 saturated carbocycles. The second-order valence-corrected chi connectivity index (χ2v) is 7.90. The van der Waals surface area contributed by atoms with Crippen molar-refractivity contribution in [3.8, 4) is 0 Å². The summed E-state index contributed by atoms with van der Waals surface area (Å²) in [5.74, 6) is 0.500. The molecule has 0 unspecified atom stereocenters. The maximum atomic E-state index is 12.9. The van der Waals surface area contributed by atoms with Crippen molar-refractivity contribution in [1.82, 2.24) is 14.5 Å². The van der Waals surface area contributed by atoms with E-state index in [0.717, 1.165) is 58.9 Å². The lowest BCUT2D eigenvalue weighted by atomic mass is 10.2. The van der Waals surface area contributed by atoms with Crippen LogP contribution in [0.15, 0.2) is 41.7 Å². The van der Waals surface area contributed by atoms with Crippen molar-refractivity contribution in [2.45, 2.75) is 44.4 Å². The van der Waals surface area contributed by atoms with Gasteiger partial charge in [0, 0.05) is 35.5 Å². The molecular formula is C21H23N3O2S. The van der Waals surface area contributed by atoms with Crippen LogP contribution in [-0.2, 0) is 11.3 Å². The molecule has 0 bridgehead atoms. The smallest absolute Gasteiger partial charge is 0.174 e. The Bertz CT molecular complexity index is 971. The monoisotopic (exact) mass is 381 g/mol. The van der Waals surface area contributed by atoms with Crippen molar-refractivity contribution in [1.29, 1.82) is 0 Å². The Balaban J connectivity index is 1.49. The van der Waals surface area contributed by atoms with Crippen molar-refractivity contribution >= 4 is 28.4 Å². The number of rotatable bonds is 6. The highest BCUT2D eigenvalue weighted by molar-refractivity contribution is 8.00. The summed E-state index contributed by atoms with van der Waals surface area (Å²) >= 11 is 1.47. The molecule has 5 nitrogen and oxygen atoms in total. The lowest BCUT2D eigenvalue weighted by Crippen LogP contribution is -2.17. The number of ether oxygens (including phenoxy) is 1. The number of hydrogen-bond donors (Lipinski definition) is 0. The molecule has 3 aromatic rings. The van der Waals surface area contributed by atoms with Gasteiger partial charge < -0.3 is 9.30 Å². The van der Waals surface area contributed by atoms with E-state index >= 15 is 0 Å². The number of Topliss-reactive ketones (excluding diaryl/α,β-unsaturated/α-hetero) is 1. The summed E-state index contributed by atoms with van der Waals surface area (Å²) in [7, 11) is 0. The highest BCUT2D eigenvalue weighted by Crippen LogP contribution is 2.26. The molecule has 3 heterocycles. The van der Waals surface area contributed by atoms with Crippen LogP contribution in [-0.4, -0.2) is 38.8 Å². The van der Waals surface area contributed by atoms with E-state index in [1.165, 1.54) is 11.8 Å².